The molecule has 0 aliphatic carbocycles. The van der Waals surface area contributed by atoms with Gasteiger partial charge in [0.1, 0.15) is 18.2 Å². The van der Waals surface area contributed by atoms with Crippen LogP contribution in [0.5, 0.6) is 5.75 Å². The Kier molecular flexibility index (Phi) is 14.8. The Morgan fingerprint density at radius 2 is 1.66 bits per heavy atom. The molecule has 1 aromatic heterocycles. The molecule has 38 heavy (non-hydrogen) atoms. The van der Waals surface area contributed by atoms with E-state index in [1.807, 2.05) is 91.0 Å². The van der Waals surface area contributed by atoms with Crippen molar-refractivity contribution < 1.29 is 14.3 Å². The zero-order chi connectivity index (χ0) is 28.1. The summed E-state index contributed by atoms with van der Waals surface area (Å²) in [5, 5.41) is 4.54. The van der Waals surface area contributed by atoms with Crippen LogP contribution in [0.25, 0.3) is 23.5 Å². The molecule has 0 fully saturated rings. The van der Waals surface area contributed by atoms with Crippen LogP contribution >= 0.6 is 0 Å². The summed E-state index contributed by atoms with van der Waals surface area (Å²) >= 11 is 0. The average molecular weight is 518 g/mol. The molecule has 6 heteroatoms. The van der Waals surface area contributed by atoms with Crippen molar-refractivity contribution in [3.8, 4) is 30.0 Å². The molecule has 0 spiro atoms. The van der Waals surface area contributed by atoms with Gasteiger partial charge < -0.3 is 15.0 Å². The number of allylic oxidation sites excluding steroid dienone is 6. The Bertz CT molecular complexity index is 1330. The molecule has 6 nitrogen and oxygen atoms in total. The normalized spacial score (nSPS) is 12.8. The Hall–Kier alpha value is -4.11. The van der Waals surface area contributed by atoms with Gasteiger partial charge in [-0.25, -0.2) is 4.98 Å². The van der Waals surface area contributed by atoms with Crippen molar-refractivity contribution in [1.29, 1.82) is 0 Å². The molecule has 0 unspecified atom stereocenters. The number of aromatic amines is 1. The van der Waals surface area contributed by atoms with Crippen LogP contribution < -0.4 is 20.8 Å². The molecule has 0 bridgehead atoms. The van der Waals surface area contributed by atoms with Gasteiger partial charge in [0.05, 0.1) is 10.7 Å². The number of H-pyrrole nitrogens is 1. The van der Waals surface area contributed by atoms with Crippen molar-refractivity contribution in [3.63, 3.8) is 0 Å². The van der Waals surface area contributed by atoms with Gasteiger partial charge in [0, 0.05) is 17.7 Å². The number of hydrogen-bond donors (Lipinski definition) is 2. The summed E-state index contributed by atoms with van der Waals surface area (Å²) in [4.78, 5) is 31.9. The van der Waals surface area contributed by atoms with Crippen LogP contribution in [-0.2, 0) is 9.59 Å². The van der Waals surface area contributed by atoms with Gasteiger partial charge in [0.25, 0.3) is 0 Å². The highest BCUT2D eigenvalue weighted by Crippen LogP contribution is 2.28. The van der Waals surface area contributed by atoms with Gasteiger partial charge in [-0.15, -0.1) is 12.8 Å². The molecule has 0 radical (unpaired) electrons. The molecule has 204 valence electrons. The van der Waals surface area contributed by atoms with E-state index in [4.69, 9.17) is 9.72 Å². The first-order valence-electron chi connectivity index (χ1n) is 12.1. The van der Waals surface area contributed by atoms with Crippen LogP contribution in [0.15, 0.2) is 47.2 Å². The Morgan fingerprint density at radius 1 is 1.05 bits per heavy atom. The highest BCUT2D eigenvalue weighted by atomic mass is 16.5. The number of nitrogens with one attached hydrogen (secondary N) is 2. The summed E-state index contributed by atoms with van der Waals surface area (Å²) in [7, 11) is 0. The van der Waals surface area contributed by atoms with E-state index >= 15 is 0 Å². The van der Waals surface area contributed by atoms with E-state index in [9.17, 15) is 9.59 Å². The second-order valence-electron chi connectivity index (χ2n) is 8.75. The number of terminal acetylenes is 1. The van der Waals surface area contributed by atoms with Gasteiger partial charge in [0.2, 0.25) is 5.91 Å². The van der Waals surface area contributed by atoms with Gasteiger partial charge in [-0.2, -0.15) is 0 Å². The molecule has 0 aliphatic heterocycles. The number of imidazole rings is 1. The van der Waals surface area contributed by atoms with Gasteiger partial charge in [-0.05, 0) is 102 Å². The number of aryl methyl sites for hydroxylation is 2. The number of hydrogen-bond acceptors (Lipinski definition) is 4. The van der Waals surface area contributed by atoms with Gasteiger partial charge in [-0.3, -0.25) is 9.59 Å². The van der Waals surface area contributed by atoms with Crippen molar-refractivity contribution in [2.45, 2.75) is 69.2 Å². The van der Waals surface area contributed by atoms with E-state index < -0.39 is 0 Å². The molecule has 2 N–H and O–H groups in total. The fourth-order valence-electron chi connectivity index (χ4n) is 3.78. The predicted octanol–water partition coefficient (Wildman–Crippen LogP) is 5.45. The average Bonchev–Trinajstić information content (AvgIpc) is 3.25. The molecule has 2 aromatic rings. The molecule has 0 atom stereocenters. The number of nitrogens with zero attached hydrogens (tertiary/aromatic N) is 1. The summed E-state index contributed by atoms with van der Waals surface area (Å²) in [6.07, 6.45) is 18.0. The first-order chi connectivity index (χ1) is 17.5. The summed E-state index contributed by atoms with van der Waals surface area (Å²) in [5.74, 6) is 1.27. The largest absolute Gasteiger partial charge is 0.486 e. The lowest BCUT2D eigenvalue weighted by Gasteiger charge is -2.11. The predicted molar refractivity (Wildman–Crippen MR) is 160 cm³/mol. The van der Waals surface area contributed by atoms with Crippen LogP contribution in [-0.4, -0.2) is 28.3 Å². The monoisotopic (exact) mass is 517 g/mol. The summed E-state index contributed by atoms with van der Waals surface area (Å²) in [5.41, 5.74) is 6.02. The first kappa shape index (κ1) is 33.9. The van der Waals surface area contributed by atoms with E-state index in [2.05, 4.69) is 23.1 Å². The van der Waals surface area contributed by atoms with Crippen molar-refractivity contribution in [2.75, 3.05) is 6.61 Å². The highest BCUT2D eigenvalue weighted by Gasteiger charge is 2.12. The number of benzene rings is 1. The number of ketones is 1. The Labute approximate surface area is 228 Å². The SMILES string of the molecule is C.C#C.C\C=C/C(C)=C(C)\C=C(/C)NC(=O)C/C=c1/[nH]c(-c2c(C)cc(OCC(C)=O)cc2C)n/c1=C/C. The van der Waals surface area contributed by atoms with E-state index in [0.29, 0.717) is 5.75 Å². The zero-order valence-corrected chi connectivity index (χ0v) is 23.3. The number of carbonyl (C=O) groups excluding carboxylic acids is 2. The van der Waals surface area contributed by atoms with Crippen molar-refractivity contribution >= 4 is 23.8 Å². The maximum Gasteiger partial charge on any atom is 0.228 e. The van der Waals surface area contributed by atoms with Crippen LogP contribution in [0.3, 0.4) is 0 Å². The first-order valence-corrected chi connectivity index (χ1v) is 12.1. The van der Waals surface area contributed by atoms with E-state index in [0.717, 1.165) is 50.1 Å². The fraction of sp³-hybridized carbons (Fsp3) is 0.344. The van der Waals surface area contributed by atoms with Gasteiger partial charge in [0.15, 0.2) is 5.78 Å². The molecule has 0 saturated carbocycles. The third-order valence-electron chi connectivity index (χ3n) is 5.52. The standard InChI is InChI=1S/C29H37N3O3.C2H2.CH4/c1-9-11-18(3)19(4)14-22(7)30-27(34)13-12-26-25(10-2)31-29(32-26)28-20(5)15-24(16-21(28)6)35-17-23(8)33;1-2;/h9-12,14-16H,13,17H2,1-8H3,(H,30,34)(H,31,32);1-2H;1H4/b11-9-,19-18-,22-14+,25-10+,26-12+;;. The zero-order valence-electron chi connectivity index (χ0n) is 23.3. The van der Waals surface area contributed by atoms with Crippen molar-refractivity contribution in [3.05, 3.63) is 69.0 Å². The van der Waals surface area contributed by atoms with Crippen molar-refractivity contribution in [2.24, 2.45) is 0 Å². The maximum atomic E-state index is 12.5. The molecule has 2 rings (SSSR count). The minimum atomic E-state index is -0.0900. The molecular formula is C32H43N3O3. The Morgan fingerprint density at radius 3 is 2.18 bits per heavy atom. The second kappa shape index (κ2) is 16.6. The number of rotatable bonds is 9. The smallest absolute Gasteiger partial charge is 0.228 e. The lowest BCUT2D eigenvalue weighted by atomic mass is 10.0. The molecule has 1 heterocycles. The minimum Gasteiger partial charge on any atom is -0.486 e. The van der Waals surface area contributed by atoms with E-state index in [1.54, 1.807) is 0 Å². The fourth-order valence-corrected chi connectivity index (χ4v) is 3.78. The van der Waals surface area contributed by atoms with Gasteiger partial charge in [-0.1, -0.05) is 25.7 Å². The number of Topliss-reactive ketones (excluding diaryl/α,β-unsaturated/α-hetero) is 1. The minimum absolute atomic E-state index is 0. The second-order valence-corrected chi connectivity index (χ2v) is 8.75. The summed E-state index contributed by atoms with van der Waals surface area (Å²) in [6, 6.07) is 3.81. The van der Waals surface area contributed by atoms with Crippen molar-refractivity contribution in [1.82, 2.24) is 15.3 Å². The molecular weight excluding hydrogens is 474 g/mol. The molecule has 1 aromatic carbocycles. The number of carbonyl (C=O) groups is 2. The lowest BCUT2D eigenvalue weighted by Crippen LogP contribution is -2.26. The summed E-state index contributed by atoms with van der Waals surface area (Å²) in [6.45, 7) is 15.4. The van der Waals surface area contributed by atoms with Gasteiger partial charge >= 0.3 is 0 Å². The number of aromatic nitrogens is 2. The highest BCUT2D eigenvalue weighted by molar-refractivity contribution is 5.82. The number of ether oxygens (including phenoxy) is 1. The topological polar surface area (TPSA) is 84.1 Å². The van der Waals surface area contributed by atoms with E-state index in [1.165, 1.54) is 6.92 Å². The maximum absolute atomic E-state index is 12.5. The molecule has 0 saturated heterocycles. The van der Waals surface area contributed by atoms with Crippen LogP contribution in [0, 0.1) is 26.7 Å². The molecule has 1 amide bonds. The number of amides is 1. The van der Waals surface area contributed by atoms with Crippen LogP contribution in [0.2, 0.25) is 0 Å². The third-order valence-corrected chi connectivity index (χ3v) is 5.52. The molecule has 0 aliphatic rings. The quantitative estimate of drug-likeness (QED) is 0.342. The van der Waals surface area contributed by atoms with E-state index in [-0.39, 0.29) is 32.1 Å². The Balaban J connectivity index is 0.00000445. The van der Waals surface area contributed by atoms with Crippen LogP contribution in [0.4, 0.5) is 0 Å². The van der Waals surface area contributed by atoms with Crippen LogP contribution in [0.1, 0.15) is 66.5 Å². The summed E-state index contributed by atoms with van der Waals surface area (Å²) < 4.78 is 5.57. The third kappa shape index (κ3) is 10.1. The lowest BCUT2D eigenvalue weighted by molar-refractivity contribution is -0.119.